The normalized spacial score (nSPS) is 13.8. The second-order valence-electron chi connectivity index (χ2n) is 13.0. The number of ether oxygens (including phenoxy) is 3. The number of amides is 4. The van der Waals surface area contributed by atoms with Crippen LogP contribution in [-0.2, 0) is 20.9 Å². The van der Waals surface area contributed by atoms with Crippen LogP contribution in [0.1, 0.15) is 79.0 Å². The van der Waals surface area contributed by atoms with Crippen molar-refractivity contribution in [2.75, 3.05) is 18.5 Å². The van der Waals surface area contributed by atoms with Crippen LogP contribution in [0.3, 0.4) is 0 Å². The predicted molar refractivity (Wildman–Crippen MR) is 178 cm³/mol. The molecule has 15 heteroatoms. The lowest BCUT2D eigenvalue weighted by Crippen LogP contribution is -2.43. The first kappa shape index (κ1) is 35.8. The zero-order valence-corrected chi connectivity index (χ0v) is 29.3. The van der Waals surface area contributed by atoms with E-state index in [0.717, 1.165) is 0 Å². The van der Waals surface area contributed by atoms with Crippen LogP contribution in [-0.4, -0.2) is 83.9 Å². The lowest BCUT2D eigenvalue weighted by Gasteiger charge is -2.24. The Bertz CT molecular complexity index is 1610. The van der Waals surface area contributed by atoms with Gasteiger partial charge in [0.05, 0.1) is 23.0 Å². The van der Waals surface area contributed by atoms with Crippen LogP contribution in [0.2, 0.25) is 0 Å². The van der Waals surface area contributed by atoms with Crippen LogP contribution in [0.4, 0.5) is 15.3 Å². The SMILES string of the molecule is CC(C)(C)OC(=O)NCCCn1cc(NC(=O)c2ccc(OC[C@H](ON3C(=O)c4ccccc4C3=O)[SiH2]C(=O)OC(C)(C)C)cc2)cn1. The molecule has 48 heavy (non-hydrogen) atoms. The molecule has 4 amide bonds. The number of fused-ring (bicyclic) bond motifs is 1. The number of imide groups is 1. The van der Waals surface area contributed by atoms with Gasteiger partial charge in [0.15, 0.2) is 9.52 Å². The third kappa shape index (κ3) is 10.5. The summed E-state index contributed by atoms with van der Waals surface area (Å²) < 4.78 is 18.2. The average molecular weight is 680 g/mol. The average Bonchev–Trinajstić information content (AvgIpc) is 3.54. The van der Waals surface area contributed by atoms with Gasteiger partial charge in [-0.1, -0.05) is 12.1 Å². The molecule has 1 aliphatic heterocycles. The number of hydroxylamine groups is 2. The molecule has 0 aliphatic carbocycles. The van der Waals surface area contributed by atoms with Crippen LogP contribution in [0.15, 0.2) is 60.9 Å². The Morgan fingerprint density at radius 3 is 2.12 bits per heavy atom. The van der Waals surface area contributed by atoms with Crippen molar-refractivity contribution in [2.45, 2.75) is 71.4 Å². The van der Waals surface area contributed by atoms with E-state index in [1.165, 1.54) is 18.3 Å². The molecule has 256 valence electrons. The number of nitrogens with one attached hydrogen (secondary N) is 2. The van der Waals surface area contributed by atoms with Crippen LogP contribution < -0.4 is 15.4 Å². The van der Waals surface area contributed by atoms with Crippen LogP contribution >= 0.6 is 0 Å². The van der Waals surface area contributed by atoms with Crippen molar-refractivity contribution in [3.63, 3.8) is 0 Å². The number of benzene rings is 2. The largest absolute Gasteiger partial charge is 0.491 e. The second-order valence-corrected chi connectivity index (χ2v) is 14.9. The summed E-state index contributed by atoms with van der Waals surface area (Å²) >= 11 is 0. The van der Waals surface area contributed by atoms with Gasteiger partial charge in [0, 0.05) is 24.8 Å². The Morgan fingerprint density at radius 1 is 0.896 bits per heavy atom. The molecule has 14 nitrogen and oxygen atoms in total. The summed E-state index contributed by atoms with van der Waals surface area (Å²) in [7, 11) is -1.83. The summed E-state index contributed by atoms with van der Waals surface area (Å²) in [4.78, 5) is 68.8. The minimum Gasteiger partial charge on any atom is -0.491 e. The Hall–Kier alpha value is -5.02. The summed E-state index contributed by atoms with van der Waals surface area (Å²) in [6, 6.07) is 12.7. The van der Waals surface area contributed by atoms with E-state index in [0.29, 0.717) is 41.6 Å². The number of carbonyl (C=O) groups is 5. The van der Waals surface area contributed by atoms with E-state index in [2.05, 4.69) is 15.7 Å². The highest BCUT2D eigenvalue weighted by Crippen LogP contribution is 2.24. The molecule has 1 aliphatic rings. The fourth-order valence-electron chi connectivity index (χ4n) is 4.50. The van der Waals surface area contributed by atoms with E-state index >= 15 is 0 Å². The van der Waals surface area contributed by atoms with Gasteiger partial charge in [-0.25, -0.2) is 4.79 Å². The lowest BCUT2D eigenvalue weighted by atomic mass is 10.1. The number of hydrogen-bond acceptors (Lipinski definition) is 10. The van der Waals surface area contributed by atoms with Gasteiger partial charge in [-0.05, 0) is 84.4 Å². The van der Waals surface area contributed by atoms with Crippen molar-refractivity contribution in [3.8, 4) is 5.75 Å². The van der Waals surface area contributed by atoms with Gasteiger partial charge in [0.25, 0.3) is 23.3 Å². The van der Waals surface area contributed by atoms with E-state index in [1.54, 1.807) is 88.8 Å². The Labute approximate surface area is 280 Å². The molecule has 0 unspecified atom stereocenters. The summed E-state index contributed by atoms with van der Waals surface area (Å²) in [5.74, 6) is -1.21. The monoisotopic (exact) mass is 679 g/mol. The number of rotatable bonds is 13. The van der Waals surface area contributed by atoms with Crippen LogP contribution in [0.5, 0.6) is 5.75 Å². The van der Waals surface area contributed by atoms with Crippen molar-refractivity contribution in [1.82, 2.24) is 20.2 Å². The van der Waals surface area contributed by atoms with Gasteiger partial charge >= 0.3 is 6.09 Å². The Kier molecular flexibility index (Phi) is 11.4. The molecule has 0 radical (unpaired) electrons. The van der Waals surface area contributed by atoms with Crippen molar-refractivity contribution in [1.29, 1.82) is 0 Å². The molecule has 0 bridgehead atoms. The third-order valence-corrected chi connectivity index (χ3v) is 7.82. The minimum absolute atomic E-state index is 0.142. The maximum absolute atomic E-state index is 12.9. The molecule has 1 aromatic heterocycles. The highest BCUT2D eigenvalue weighted by Gasteiger charge is 2.39. The van der Waals surface area contributed by atoms with E-state index < -0.39 is 49.9 Å². The second kappa shape index (κ2) is 15.3. The molecule has 4 rings (SSSR count). The standard InChI is InChI=1S/C33H41N5O9Si/c1-32(2,3)45-30(42)34-16-9-17-37-19-22(18-35-37)36-27(39)21-12-14-23(15-13-21)44-20-26(48-31(43)46-33(4,5)6)47-38-28(40)24-10-7-8-11-25(24)29(38)41/h7-8,10-15,18-19,26H,9,16-17,20,48H2,1-6H3,(H,34,42)(H,36,39)/t26-/m1/s1. The summed E-state index contributed by atoms with van der Waals surface area (Å²) in [6.45, 7) is 11.4. The maximum atomic E-state index is 12.9. The quantitative estimate of drug-likeness (QED) is 0.153. The number of aromatic nitrogens is 2. The van der Waals surface area contributed by atoms with Gasteiger partial charge in [-0.3, -0.25) is 28.7 Å². The molecule has 0 saturated heterocycles. The van der Waals surface area contributed by atoms with Crippen molar-refractivity contribution in [3.05, 3.63) is 77.6 Å². The highest BCUT2D eigenvalue weighted by atomic mass is 28.2. The number of carbonyl (C=O) groups excluding carboxylic acids is 5. The molecule has 2 aromatic carbocycles. The molecule has 0 spiro atoms. The first-order valence-electron chi connectivity index (χ1n) is 15.5. The smallest absolute Gasteiger partial charge is 0.407 e. The van der Waals surface area contributed by atoms with Crippen molar-refractivity contribution >= 4 is 44.6 Å². The summed E-state index contributed by atoms with van der Waals surface area (Å²) in [6.07, 6.45) is 3.34. The molecule has 2 N–H and O–H groups in total. The Balaban J connectivity index is 1.30. The zero-order chi connectivity index (χ0) is 35.1. The van der Waals surface area contributed by atoms with E-state index in [-0.39, 0.29) is 23.6 Å². The maximum Gasteiger partial charge on any atom is 0.407 e. The number of anilines is 1. The number of aryl methyl sites for hydroxylation is 1. The van der Waals surface area contributed by atoms with E-state index in [1.807, 2.05) is 0 Å². The van der Waals surface area contributed by atoms with Gasteiger partial charge in [-0.15, -0.1) is 5.06 Å². The minimum atomic E-state index is -1.83. The van der Waals surface area contributed by atoms with Gasteiger partial charge in [-0.2, -0.15) is 5.10 Å². The van der Waals surface area contributed by atoms with Crippen molar-refractivity contribution < 1.29 is 43.0 Å². The third-order valence-electron chi connectivity index (χ3n) is 6.50. The predicted octanol–water partition coefficient (Wildman–Crippen LogP) is 4.09. The molecular weight excluding hydrogens is 638 g/mol. The van der Waals surface area contributed by atoms with E-state index in [9.17, 15) is 24.0 Å². The van der Waals surface area contributed by atoms with Gasteiger partial charge < -0.3 is 24.8 Å². The summed E-state index contributed by atoms with van der Waals surface area (Å²) in [5.41, 5.74) is -1.36. The Morgan fingerprint density at radius 2 is 1.52 bits per heavy atom. The van der Waals surface area contributed by atoms with Crippen LogP contribution in [0.25, 0.3) is 0 Å². The van der Waals surface area contributed by atoms with Crippen LogP contribution in [0, 0.1) is 0 Å². The first-order chi connectivity index (χ1) is 22.6. The molecule has 3 aromatic rings. The first-order valence-corrected chi connectivity index (χ1v) is 17.0. The molecule has 0 fully saturated rings. The van der Waals surface area contributed by atoms with Crippen molar-refractivity contribution in [2.24, 2.45) is 0 Å². The topological polar surface area (TPSA) is 167 Å². The lowest BCUT2D eigenvalue weighted by molar-refractivity contribution is -0.115. The van der Waals surface area contributed by atoms with Gasteiger partial charge in [0.2, 0.25) is 0 Å². The fraction of sp³-hybridized carbons (Fsp3) is 0.394. The molecule has 1 atom stereocenters. The molecular formula is C33H41N5O9Si. The highest BCUT2D eigenvalue weighted by molar-refractivity contribution is 6.73. The number of hydrogen-bond donors (Lipinski definition) is 2. The van der Waals surface area contributed by atoms with Gasteiger partial charge in [0.1, 0.15) is 29.3 Å². The zero-order valence-electron chi connectivity index (χ0n) is 27.9. The molecule has 0 saturated carbocycles. The fourth-order valence-corrected chi connectivity index (χ4v) is 5.85. The van der Waals surface area contributed by atoms with E-state index in [4.69, 9.17) is 19.0 Å². The molecule has 2 heterocycles. The summed E-state index contributed by atoms with van der Waals surface area (Å²) in [5, 5.41) is 10.4. The number of nitrogens with zero attached hydrogens (tertiary/aromatic N) is 3. The number of alkyl carbamates (subject to hydrolysis) is 1.